The van der Waals surface area contributed by atoms with Crippen LogP contribution in [0, 0.1) is 5.92 Å². The van der Waals surface area contributed by atoms with Crippen molar-refractivity contribution in [1.82, 2.24) is 15.1 Å². The first kappa shape index (κ1) is 11.3. The van der Waals surface area contributed by atoms with Crippen LogP contribution in [-0.4, -0.2) is 34.2 Å². The molecule has 3 rings (SSSR count). The van der Waals surface area contributed by atoms with Crippen LogP contribution in [-0.2, 0) is 6.42 Å². The smallest absolute Gasteiger partial charge is 0.0490 e. The van der Waals surface area contributed by atoms with Gasteiger partial charge in [-0.05, 0) is 50.6 Å². The summed E-state index contributed by atoms with van der Waals surface area (Å²) in [7, 11) is 0. The van der Waals surface area contributed by atoms with Crippen LogP contribution in [0.5, 0.6) is 0 Å². The number of likely N-dealkylation sites (tertiary alicyclic amines) is 1. The van der Waals surface area contributed by atoms with Crippen molar-refractivity contribution < 1.29 is 0 Å². The average molecular weight is 233 g/mol. The molecule has 0 aromatic carbocycles. The molecule has 3 heteroatoms. The van der Waals surface area contributed by atoms with E-state index in [1.54, 1.807) is 0 Å². The lowest BCUT2D eigenvalue weighted by Gasteiger charge is -2.36. The van der Waals surface area contributed by atoms with E-state index in [1.165, 1.54) is 63.7 Å². The van der Waals surface area contributed by atoms with Crippen molar-refractivity contribution in [1.29, 1.82) is 0 Å². The summed E-state index contributed by atoms with van der Waals surface area (Å²) >= 11 is 0. The van der Waals surface area contributed by atoms with E-state index in [-0.39, 0.29) is 0 Å². The molecular formula is C14H23N3. The highest BCUT2D eigenvalue weighted by molar-refractivity contribution is 4.99. The van der Waals surface area contributed by atoms with Gasteiger partial charge in [0.15, 0.2) is 0 Å². The van der Waals surface area contributed by atoms with Crippen molar-refractivity contribution in [2.75, 3.05) is 13.1 Å². The third-order valence-electron chi connectivity index (χ3n) is 4.46. The molecule has 1 atom stereocenters. The molecule has 2 aliphatic rings. The fourth-order valence-electron chi connectivity index (χ4n) is 3.57. The number of H-pyrrole nitrogens is 1. The Labute approximate surface area is 104 Å². The van der Waals surface area contributed by atoms with Crippen LogP contribution in [0.3, 0.4) is 0 Å². The predicted octanol–water partition coefficient (Wildman–Crippen LogP) is 2.61. The topological polar surface area (TPSA) is 31.9 Å². The van der Waals surface area contributed by atoms with Crippen LogP contribution < -0.4 is 0 Å². The van der Waals surface area contributed by atoms with Gasteiger partial charge >= 0.3 is 0 Å². The maximum absolute atomic E-state index is 4.05. The largest absolute Gasteiger partial charge is 0.300 e. The fourth-order valence-corrected chi connectivity index (χ4v) is 3.57. The minimum Gasteiger partial charge on any atom is -0.300 e. The van der Waals surface area contributed by atoms with Crippen LogP contribution in [0.4, 0.5) is 0 Å². The Kier molecular flexibility index (Phi) is 3.46. The van der Waals surface area contributed by atoms with E-state index in [0.717, 1.165) is 12.0 Å². The second kappa shape index (κ2) is 5.21. The highest BCUT2D eigenvalue weighted by Gasteiger charge is 2.27. The monoisotopic (exact) mass is 233 g/mol. The van der Waals surface area contributed by atoms with E-state index >= 15 is 0 Å². The lowest BCUT2D eigenvalue weighted by atomic mass is 9.92. The average Bonchev–Trinajstić information content (AvgIpc) is 3.01. The first-order valence-corrected chi connectivity index (χ1v) is 7.14. The zero-order valence-corrected chi connectivity index (χ0v) is 10.6. The first-order chi connectivity index (χ1) is 8.42. The molecule has 0 unspecified atom stereocenters. The molecule has 1 aliphatic heterocycles. The van der Waals surface area contributed by atoms with Crippen LogP contribution >= 0.6 is 0 Å². The van der Waals surface area contributed by atoms with Gasteiger partial charge in [0.1, 0.15) is 0 Å². The van der Waals surface area contributed by atoms with E-state index < -0.39 is 0 Å². The van der Waals surface area contributed by atoms with Crippen molar-refractivity contribution in [3.63, 3.8) is 0 Å². The van der Waals surface area contributed by atoms with Crippen molar-refractivity contribution in [2.24, 2.45) is 5.92 Å². The highest BCUT2D eigenvalue weighted by atomic mass is 15.2. The highest BCUT2D eigenvalue weighted by Crippen LogP contribution is 2.28. The van der Waals surface area contributed by atoms with E-state index in [0.29, 0.717) is 0 Å². The molecule has 1 aromatic heterocycles. The van der Waals surface area contributed by atoms with Gasteiger partial charge in [-0.3, -0.25) is 5.10 Å². The van der Waals surface area contributed by atoms with Crippen molar-refractivity contribution in [3.8, 4) is 0 Å². The van der Waals surface area contributed by atoms with E-state index in [9.17, 15) is 0 Å². The maximum Gasteiger partial charge on any atom is 0.0490 e. The minimum absolute atomic E-state index is 0.838. The van der Waals surface area contributed by atoms with E-state index in [1.807, 2.05) is 6.20 Å². The Balaban J connectivity index is 1.55. The van der Waals surface area contributed by atoms with Crippen molar-refractivity contribution in [3.05, 3.63) is 18.0 Å². The van der Waals surface area contributed by atoms with Gasteiger partial charge in [-0.15, -0.1) is 0 Å². The third kappa shape index (κ3) is 2.71. The number of aromatic amines is 1. The van der Waals surface area contributed by atoms with Crippen LogP contribution in [0.15, 0.2) is 12.3 Å². The standard InChI is InChI=1S/C14H23N3/c1-2-6-14(5-1)17-9-3-4-12(11-17)10-13-7-8-15-16-13/h7-8,12,14H,1-6,9-11H2,(H,15,16)/t12-/m0/s1. The number of hydrogen-bond donors (Lipinski definition) is 1. The van der Waals surface area contributed by atoms with Gasteiger partial charge in [0.25, 0.3) is 0 Å². The summed E-state index contributed by atoms with van der Waals surface area (Å²) in [5, 5.41) is 7.15. The fraction of sp³-hybridized carbons (Fsp3) is 0.786. The van der Waals surface area contributed by atoms with Crippen LogP contribution in [0.25, 0.3) is 0 Å². The van der Waals surface area contributed by atoms with E-state index in [4.69, 9.17) is 0 Å². The lowest BCUT2D eigenvalue weighted by Crippen LogP contribution is -2.42. The van der Waals surface area contributed by atoms with Crippen LogP contribution in [0.2, 0.25) is 0 Å². The molecule has 2 fully saturated rings. The van der Waals surface area contributed by atoms with Gasteiger partial charge in [-0.1, -0.05) is 12.8 Å². The number of piperidine rings is 1. The van der Waals surface area contributed by atoms with Gasteiger partial charge in [-0.2, -0.15) is 5.10 Å². The number of nitrogens with zero attached hydrogens (tertiary/aromatic N) is 2. The Hall–Kier alpha value is -0.830. The minimum atomic E-state index is 0.838. The summed E-state index contributed by atoms with van der Waals surface area (Å²) in [5.74, 6) is 0.838. The Morgan fingerprint density at radius 1 is 1.24 bits per heavy atom. The van der Waals surface area contributed by atoms with Crippen molar-refractivity contribution in [2.45, 2.75) is 51.0 Å². The second-order valence-electron chi connectivity index (χ2n) is 5.73. The van der Waals surface area contributed by atoms with Gasteiger partial charge in [-0.25, -0.2) is 0 Å². The van der Waals surface area contributed by atoms with Gasteiger partial charge < -0.3 is 4.90 Å². The first-order valence-electron chi connectivity index (χ1n) is 7.14. The summed E-state index contributed by atoms with van der Waals surface area (Å²) in [6.07, 6.45) is 11.6. The zero-order chi connectivity index (χ0) is 11.5. The number of aromatic nitrogens is 2. The molecule has 0 spiro atoms. The second-order valence-corrected chi connectivity index (χ2v) is 5.73. The molecule has 1 saturated heterocycles. The molecule has 94 valence electrons. The molecule has 1 saturated carbocycles. The molecule has 1 N–H and O–H groups in total. The normalized spacial score (nSPS) is 27.6. The quantitative estimate of drug-likeness (QED) is 0.870. The summed E-state index contributed by atoms with van der Waals surface area (Å²) in [4.78, 5) is 2.76. The molecule has 1 aromatic rings. The number of nitrogens with one attached hydrogen (secondary N) is 1. The summed E-state index contributed by atoms with van der Waals surface area (Å²) in [5.41, 5.74) is 1.31. The summed E-state index contributed by atoms with van der Waals surface area (Å²) in [6.45, 7) is 2.65. The summed E-state index contributed by atoms with van der Waals surface area (Å²) < 4.78 is 0. The van der Waals surface area contributed by atoms with Crippen molar-refractivity contribution >= 4 is 0 Å². The Morgan fingerprint density at radius 3 is 2.88 bits per heavy atom. The SMILES string of the molecule is c1cc(C[C@@H]2CCCN(C3CCCC3)C2)[nH]n1. The lowest BCUT2D eigenvalue weighted by molar-refractivity contribution is 0.124. The van der Waals surface area contributed by atoms with Crippen LogP contribution in [0.1, 0.15) is 44.2 Å². The molecule has 1 aliphatic carbocycles. The molecule has 0 bridgehead atoms. The van der Waals surface area contributed by atoms with Gasteiger partial charge in [0, 0.05) is 24.5 Å². The van der Waals surface area contributed by atoms with E-state index in [2.05, 4.69) is 21.2 Å². The molecule has 0 radical (unpaired) electrons. The van der Waals surface area contributed by atoms with Gasteiger partial charge in [0.2, 0.25) is 0 Å². The molecule has 3 nitrogen and oxygen atoms in total. The van der Waals surface area contributed by atoms with Gasteiger partial charge in [0.05, 0.1) is 0 Å². The predicted molar refractivity (Wildman–Crippen MR) is 68.8 cm³/mol. The summed E-state index contributed by atoms with van der Waals surface area (Å²) in [6, 6.07) is 3.02. The molecular weight excluding hydrogens is 210 g/mol. The number of hydrogen-bond acceptors (Lipinski definition) is 2. The molecule has 2 heterocycles. The number of rotatable bonds is 3. The molecule has 17 heavy (non-hydrogen) atoms. The molecule has 0 amide bonds. The Morgan fingerprint density at radius 2 is 2.12 bits per heavy atom. The Bertz CT molecular complexity index is 327. The maximum atomic E-state index is 4.05. The third-order valence-corrected chi connectivity index (χ3v) is 4.46. The zero-order valence-electron chi connectivity index (χ0n) is 10.6.